The maximum atomic E-state index is 10.7. The first-order valence-electron chi connectivity index (χ1n) is 4.82. The number of methoxy groups -OCH3 is 1. The van der Waals surface area contributed by atoms with Crippen molar-refractivity contribution in [3.63, 3.8) is 0 Å². The molecule has 0 saturated heterocycles. The van der Waals surface area contributed by atoms with E-state index in [2.05, 4.69) is 15.3 Å². The van der Waals surface area contributed by atoms with E-state index in [0.717, 1.165) is 0 Å². The zero-order valence-electron chi connectivity index (χ0n) is 9.47. The van der Waals surface area contributed by atoms with Crippen LogP contribution in [0, 0.1) is 18.3 Å². The number of aliphatic carboxylic acids is 1. The number of carboxylic acid groups (broad SMARTS) is 1. The highest BCUT2D eigenvalue weighted by Gasteiger charge is 2.16. The third kappa shape index (κ3) is 3.70. The topological polar surface area (TPSA) is 108 Å². The van der Waals surface area contributed by atoms with Gasteiger partial charge in [0.2, 0.25) is 5.95 Å². The fourth-order valence-corrected chi connectivity index (χ4v) is 1.16. The number of carbonyl (C=O) groups is 1. The highest BCUT2D eigenvalue weighted by molar-refractivity contribution is 5.73. The molecule has 7 nitrogen and oxygen atoms in total. The van der Waals surface area contributed by atoms with Gasteiger partial charge in [-0.05, 0) is 13.0 Å². The quantitative estimate of drug-likeness (QED) is 0.749. The largest absolute Gasteiger partial charge is 0.479 e. The summed E-state index contributed by atoms with van der Waals surface area (Å²) in [6, 6.07) is 3.43. The van der Waals surface area contributed by atoms with E-state index in [-0.39, 0.29) is 18.2 Å². The first-order chi connectivity index (χ1) is 8.06. The second kappa shape index (κ2) is 5.77. The Bertz CT molecular complexity index is 455. The molecule has 0 aromatic carbocycles. The maximum absolute atomic E-state index is 10.7. The van der Waals surface area contributed by atoms with Crippen LogP contribution in [0.15, 0.2) is 6.07 Å². The van der Waals surface area contributed by atoms with Crippen LogP contribution in [0.4, 0.5) is 5.95 Å². The Morgan fingerprint density at radius 1 is 1.71 bits per heavy atom. The molecule has 1 rings (SSSR count). The van der Waals surface area contributed by atoms with Crippen LogP contribution in [-0.2, 0) is 9.53 Å². The Morgan fingerprint density at radius 2 is 2.41 bits per heavy atom. The molecule has 0 spiro atoms. The van der Waals surface area contributed by atoms with Crippen molar-refractivity contribution in [2.24, 2.45) is 0 Å². The molecule has 0 aliphatic carbocycles. The Balaban J connectivity index is 2.72. The van der Waals surface area contributed by atoms with E-state index < -0.39 is 12.1 Å². The summed E-state index contributed by atoms with van der Waals surface area (Å²) in [6.45, 7) is 1.75. The van der Waals surface area contributed by atoms with Crippen LogP contribution in [0.5, 0.6) is 0 Å². The fraction of sp³-hybridized carbons (Fsp3) is 0.400. The van der Waals surface area contributed by atoms with E-state index in [1.807, 2.05) is 6.07 Å². The maximum Gasteiger partial charge on any atom is 0.334 e. The molecule has 1 aromatic rings. The lowest BCUT2D eigenvalue weighted by Gasteiger charge is -2.11. The van der Waals surface area contributed by atoms with Crippen molar-refractivity contribution < 1.29 is 14.6 Å². The minimum Gasteiger partial charge on any atom is -0.479 e. The van der Waals surface area contributed by atoms with Crippen LogP contribution in [0.3, 0.4) is 0 Å². The van der Waals surface area contributed by atoms with Gasteiger partial charge in [-0.1, -0.05) is 0 Å². The van der Waals surface area contributed by atoms with E-state index in [1.165, 1.54) is 13.2 Å². The summed E-state index contributed by atoms with van der Waals surface area (Å²) < 4.78 is 4.74. The number of anilines is 1. The van der Waals surface area contributed by atoms with E-state index in [0.29, 0.717) is 5.69 Å². The first-order valence-corrected chi connectivity index (χ1v) is 4.82. The summed E-state index contributed by atoms with van der Waals surface area (Å²) in [6.07, 6.45) is -0.982. The number of nitrogens with zero attached hydrogens (tertiary/aromatic N) is 3. The van der Waals surface area contributed by atoms with Gasteiger partial charge in [0.25, 0.3) is 0 Å². The Labute approximate surface area is 98.1 Å². The summed E-state index contributed by atoms with van der Waals surface area (Å²) in [5.41, 5.74) is 0.854. The molecule has 0 aliphatic heterocycles. The van der Waals surface area contributed by atoms with Crippen LogP contribution in [0.1, 0.15) is 11.4 Å². The molecule has 2 N–H and O–H groups in total. The number of ether oxygens (including phenoxy) is 1. The Kier molecular flexibility index (Phi) is 4.37. The monoisotopic (exact) mass is 236 g/mol. The van der Waals surface area contributed by atoms with Gasteiger partial charge in [0.15, 0.2) is 6.10 Å². The predicted molar refractivity (Wildman–Crippen MR) is 58.4 cm³/mol. The minimum atomic E-state index is -1.08. The number of hydrogen-bond acceptors (Lipinski definition) is 6. The molecule has 1 atom stereocenters. The summed E-state index contributed by atoms with van der Waals surface area (Å²) in [4.78, 5) is 18.6. The molecule has 0 aliphatic rings. The third-order valence-corrected chi connectivity index (χ3v) is 1.97. The Morgan fingerprint density at radius 3 is 2.94 bits per heavy atom. The molecule has 1 heterocycles. The molecule has 0 fully saturated rings. The second-order valence-corrected chi connectivity index (χ2v) is 3.27. The van der Waals surface area contributed by atoms with E-state index in [9.17, 15) is 4.79 Å². The van der Waals surface area contributed by atoms with Gasteiger partial charge in [-0.15, -0.1) is 0 Å². The average molecular weight is 236 g/mol. The van der Waals surface area contributed by atoms with Gasteiger partial charge < -0.3 is 15.2 Å². The number of aryl methyl sites for hydroxylation is 1. The molecule has 0 bridgehead atoms. The van der Waals surface area contributed by atoms with Crippen molar-refractivity contribution in [3.05, 3.63) is 17.5 Å². The average Bonchev–Trinajstić information content (AvgIpc) is 2.28. The lowest BCUT2D eigenvalue weighted by Crippen LogP contribution is -2.30. The van der Waals surface area contributed by atoms with Gasteiger partial charge in [0.05, 0.1) is 6.54 Å². The standard InChI is InChI=1S/C10H12N4O3/c1-6-3-7(4-11)14-10(13-6)12-5-8(17-2)9(15)16/h3,8H,5H2,1-2H3,(H,15,16)(H,12,13,14). The molecule has 1 aromatic heterocycles. The predicted octanol–water partition coefficient (Wildman–Crippen LogP) is 0.168. The van der Waals surface area contributed by atoms with Crippen LogP contribution in [0.2, 0.25) is 0 Å². The van der Waals surface area contributed by atoms with Gasteiger partial charge >= 0.3 is 5.97 Å². The summed E-state index contributed by atoms with van der Waals surface area (Å²) in [5.74, 6) is -0.863. The molecule has 0 amide bonds. The van der Waals surface area contributed by atoms with Gasteiger partial charge in [-0.2, -0.15) is 5.26 Å². The van der Waals surface area contributed by atoms with Crippen molar-refractivity contribution in [1.82, 2.24) is 9.97 Å². The van der Waals surface area contributed by atoms with Crippen molar-refractivity contribution >= 4 is 11.9 Å². The molecule has 17 heavy (non-hydrogen) atoms. The van der Waals surface area contributed by atoms with Gasteiger partial charge in [0.1, 0.15) is 11.8 Å². The zero-order chi connectivity index (χ0) is 12.8. The Hall–Kier alpha value is -2.20. The molecule has 7 heteroatoms. The highest BCUT2D eigenvalue weighted by atomic mass is 16.5. The van der Waals surface area contributed by atoms with Gasteiger partial charge in [-0.3, -0.25) is 0 Å². The summed E-state index contributed by atoms with van der Waals surface area (Å²) >= 11 is 0. The normalized spacial score (nSPS) is 11.6. The van der Waals surface area contributed by atoms with Crippen LogP contribution < -0.4 is 5.32 Å². The lowest BCUT2D eigenvalue weighted by atomic mass is 10.3. The number of hydrogen-bond donors (Lipinski definition) is 2. The van der Waals surface area contributed by atoms with Crippen molar-refractivity contribution in [2.75, 3.05) is 19.0 Å². The number of rotatable bonds is 5. The van der Waals surface area contributed by atoms with Crippen LogP contribution >= 0.6 is 0 Å². The smallest absolute Gasteiger partial charge is 0.334 e. The molecule has 0 saturated carbocycles. The molecule has 0 radical (unpaired) electrons. The fourth-order valence-electron chi connectivity index (χ4n) is 1.16. The summed E-state index contributed by atoms with van der Waals surface area (Å²) in [5, 5.41) is 20.2. The summed E-state index contributed by atoms with van der Waals surface area (Å²) in [7, 11) is 1.30. The molecule has 1 unspecified atom stereocenters. The van der Waals surface area contributed by atoms with Gasteiger partial charge in [0, 0.05) is 12.8 Å². The SMILES string of the molecule is COC(CNc1nc(C)cc(C#N)n1)C(=O)O. The van der Waals surface area contributed by atoms with Crippen molar-refractivity contribution in [2.45, 2.75) is 13.0 Å². The zero-order valence-corrected chi connectivity index (χ0v) is 9.47. The number of aromatic nitrogens is 2. The highest BCUT2D eigenvalue weighted by Crippen LogP contribution is 2.04. The van der Waals surface area contributed by atoms with E-state index in [4.69, 9.17) is 15.1 Å². The first kappa shape index (κ1) is 12.9. The number of carboxylic acids is 1. The molecule has 90 valence electrons. The number of nitriles is 1. The van der Waals surface area contributed by atoms with E-state index >= 15 is 0 Å². The van der Waals surface area contributed by atoms with Crippen molar-refractivity contribution in [1.29, 1.82) is 5.26 Å². The molecular weight excluding hydrogens is 224 g/mol. The number of nitrogens with one attached hydrogen (secondary N) is 1. The van der Waals surface area contributed by atoms with Crippen LogP contribution in [0.25, 0.3) is 0 Å². The lowest BCUT2D eigenvalue weighted by molar-refractivity contribution is -0.147. The van der Waals surface area contributed by atoms with Crippen molar-refractivity contribution in [3.8, 4) is 6.07 Å². The second-order valence-electron chi connectivity index (χ2n) is 3.27. The van der Waals surface area contributed by atoms with Crippen LogP contribution in [-0.4, -0.2) is 40.8 Å². The van der Waals surface area contributed by atoms with E-state index in [1.54, 1.807) is 6.92 Å². The third-order valence-electron chi connectivity index (χ3n) is 1.97. The molecular formula is C10H12N4O3. The van der Waals surface area contributed by atoms with Gasteiger partial charge in [-0.25, -0.2) is 14.8 Å². The minimum absolute atomic E-state index is 0.0279.